The van der Waals surface area contributed by atoms with Crippen molar-refractivity contribution in [3.8, 4) is 11.5 Å². The molecule has 37 heavy (non-hydrogen) atoms. The Morgan fingerprint density at radius 1 is 0.919 bits per heavy atom. The third-order valence-electron chi connectivity index (χ3n) is 5.81. The van der Waals surface area contributed by atoms with E-state index in [4.69, 9.17) is 9.47 Å². The molecule has 0 aromatic heterocycles. The second-order valence-corrected chi connectivity index (χ2v) is 11.3. The fourth-order valence-corrected chi connectivity index (χ4v) is 5.03. The van der Waals surface area contributed by atoms with Crippen LogP contribution in [0.3, 0.4) is 0 Å². The van der Waals surface area contributed by atoms with Gasteiger partial charge in [-0.25, -0.2) is 13.8 Å². The molecule has 1 amide bonds. The molecule has 0 saturated heterocycles. The van der Waals surface area contributed by atoms with Crippen LogP contribution in [0.4, 0.5) is 5.69 Å². The molecule has 0 aliphatic heterocycles. The van der Waals surface area contributed by atoms with Gasteiger partial charge in [-0.3, -0.25) is 9.10 Å². The van der Waals surface area contributed by atoms with Gasteiger partial charge in [-0.15, -0.1) is 0 Å². The summed E-state index contributed by atoms with van der Waals surface area (Å²) in [6.07, 6.45) is 0. The number of anilines is 1. The Morgan fingerprint density at radius 2 is 1.54 bits per heavy atom. The van der Waals surface area contributed by atoms with Crippen molar-refractivity contribution >= 4 is 27.3 Å². The quantitative estimate of drug-likeness (QED) is 0.323. The van der Waals surface area contributed by atoms with Gasteiger partial charge in [0.15, 0.2) is 0 Å². The van der Waals surface area contributed by atoms with Gasteiger partial charge < -0.3 is 9.47 Å². The molecule has 0 heterocycles. The van der Waals surface area contributed by atoms with Gasteiger partial charge in [0.05, 0.1) is 30.5 Å². The van der Waals surface area contributed by atoms with E-state index in [1.807, 2.05) is 24.3 Å². The van der Waals surface area contributed by atoms with Crippen molar-refractivity contribution in [2.24, 2.45) is 5.10 Å². The molecule has 0 bridgehead atoms. The predicted octanol–water partition coefficient (Wildman–Crippen LogP) is 4.74. The van der Waals surface area contributed by atoms with Crippen molar-refractivity contribution in [2.45, 2.75) is 38.0 Å². The number of sulfonamides is 1. The monoisotopic (exact) mass is 523 g/mol. The van der Waals surface area contributed by atoms with Crippen molar-refractivity contribution in [3.63, 3.8) is 0 Å². The average molecular weight is 524 g/mol. The normalized spacial score (nSPS) is 12.1. The molecule has 3 aromatic rings. The van der Waals surface area contributed by atoms with Crippen LogP contribution in [0.2, 0.25) is 0 Å². The number of para-hydroxylation sites is 2. The molecule has 0 aliphatic rings. The summed E-state index contributed by atoms with van der Waals surface area (Å²) in [4.78, 5) is 12.9. The summed E-state index contributed by atoms with van der Waals surface area (Å²) in [7, 11) is -1.19. The van der Waals surface area contributed by atoms with Crippen LogP contribution in [0, 0.1) is 0 Å². The van der Waals surface area contributed by atoms with Crippen molar-refractivity contribution in [1.82, 2.24) is 5.43 Å². The number of rotatable bonds is 9. The molecule has 0 radical (unpaired) electrons. The van der Waals surface area contributed by atoms with E-state index in [0.717, 1.165) is 9.87 Å². The zero-order valence-electron chi connectivity index (χ0n) is 22.0. The van der Waals surface area contributed by atoms with E-state index in [1.165, 1.54) is 31.9 Å². The molecule has 0 aliphatic carbocycles. The van der Waals surface area contributed by atoms with Gasteiger partial charge in [0.25, 0.3) is 15.9 Å². The summed E-state index contributed by atoms with van der Waals surface area (Å²) in [5.41, 5.74) is 5.37. The molecule has 0 saturated carbocycles. The summed E-state index contributed by atoms with van der Waals surface area (Å²) < 4.78 is 38.8. The molecule has 3 aromatic carbocycles. The number of methoxy groups -OCH3 is 2. The third-order valence-corrected chi connectivity index (χ3v) is 7.58. The molecular weight excluding hydrogens is 490 g/mol. The highest BCUT2D eigenvalue weighted by Crippen LogP contribution is 2.32. The van der Waals surface area contributed by atoms with E-state index < -0.39 is 22.5 Å². The Kier molecular flexibility index (Phi) is 8.60. The number of hydrogen-bond donors (Lipinski definition) is 1. The number of carbonyl (C=O) groups excluding carboxylic acids is 1. The molecule has 0 fully saturated rings. The fraction of sp³-hybridized carbons (Fsp3) is 0.286. The van der Waals surface area contributed by atoms with Crippen molar-refractivity contribution in [2.75, 3.05) is 25.1 Å². The number of nitrogens with zero attached hydrogens (tertiary/aromatic N) is 2. The van der Waals surface area contributed by atoms with Gasteiger partial charge in [0, 0.05) is 0 Å². The number of amides is 1. The molecule has 0 unspecified atom stereocenters. The lowest BCUT2D eigenvalue weighted by molar-refractivity contribution is -0.119. The Labute approximate surface area is 219 Å². The standard InChI is InChI=1S/C28H33N3O5S/c1-20(21-11-13-22(14-12-21)28(2,3)4)29-30-27(32)19-31(25-9-7-8-10-26(25)36-6)37(33,34)24-17-15-23(35-5)16-18-24/h7-18H,19H2,1-6H3,(H,30,32)/b29-20-. The number of benzene rings is 3. The maximum absolute atomic E-state index is 13.6. The van der Waals surface area contributed by atoms with Gasteiger partial charge in [-0.1, -0.05) is 57.2 Å². The van der Waals surface area contributed by atoms with Gasteiger partial charge in [0.2, 0.25) is 0 Å². The van der Waals surface area contributed by atoms with Crippen molar-refractivity contribution < 1.29 is 22.7 Å². The Bertz CT molecular complexity index is 1360. The Morgan fingerprint density at radius 3 is 2.11 bits per heavy atom. The van der Waals surface area contributed by atoms with Crippen molar-refractivity contribution in [3.05, 3.63) is 83.9 Å². The first-order valence-electron chi connectivity index (χ1n) is 11.7. The third kappa shape index (κ3) is 6.68. The Hall–Kier alpha value is -3.85. The van der Waals surface area contributed by atoms with Crippen LogP contribution < -0.4 is 19.2 Å². The number of hydrogen-bond acceptors (Lipinski definition) is 6. The first kappa shape index (κ1) is 27.7. The summed E-state index contributed by atoms with van der Waals surface area (Å²) in [5.74, 6) is 0.223. The molecule has 1 N–H and O–H groups in total. The van der Waals surface area contributed by atoms with Gasteiger partial charge in [-0.2, -0.15) is 5.10 Å². The van der Waals surface area contributed by atoms with E-state index in [1.54, 1.807) is 43.3 Å². The van der Waals surface area contributed by atoms with Crippen LogP contribution in [0.1, 0.15) is 38.8 Å². The molecule has 8 nitrogen and oxygen atoms in total. The summed E-state index contributed by atoms with van der Waals surface area (Å²) >= 11 is 0. The van der Waals surface area contributed by atoms with Crippen LogP contribution in [0.15, 0.2) is 82.8 Å². The second-order valence-electron chi connectivity index (χ2n) is 9.42. The van der Waals surface area contributed by atoms with Gasteiger partial charge in [0.1, 0.15) is 18.0 Å². The number of hydrazone groups is 1. The minimum atomic E-state index is -4.13. The number of carbonyl (C=O) groups is 1. The van der Waals surface area contributed by atoms with E-state index >= 15 is 0 Å². The maximum Gasteiger partial charge on any atom is 0.264 e. The Balaban J connectivity index is 1.88. The van der Waals surface area contributed by atoms with Crippen molar-refractivity contribution in [1.29, 1.82) is 0 Å². The first-order valence-corrected chi connectivity index (χ1v) is 13.1. The second kappa shape index (κ2) is 11.5. The van der Waals surface area contributed by atoms with Crippen LogP contribution >= 0.6 is 0 Å². The largest absolute Gasteiger partial charge is 0.497 e. The van der Waals surface area contributed by atoms with Crippen LogP contribution in [0.5, 0.6) is 11.5 Å². The molecule has 196 valence electrons. The topological polar surface area (TPSA) is 97.3 Å². The van der Waals surface area contributed by atoms with Crippen LogP contribution in [0.25, 0.3) is 0 Å². The lowest BCUT2D eigenvalue weighted by atomic mass is 9.86. The van der Waals surface area contributed by atoms with Crippen LogP contribution in [-0.2, 0) is 20.2 Å². The first-order chi connectivity index (χ1) is 17.5. The SMILES string of the molecule is COc1ccc(S(=O)(=O)N(CC(=O)N/N=C(/C)c2ccc(C(C)(C)C)cc2)c2ccccc2OC)cc1. The van der Waals surface area contributed by atoms with E-state index in [-0.39, 0.29) is 16.0 Å². The highest BCUT2D eigenvalue weighted by Gasteiger charge is 2.29. The fourth-order valence-electron chi connectivity index (χ4n) is 3.60. The zero-order chi connectivity index (χ0) is 27.2. The number of nitrogens with one attached hydrogen (secondary N) is 1. The van der Waals surface area contributed by atoms with Gasteiger partial charge >= 0.3 is 0 Å². The highest BCUT2D eigenvalue weighted by atomic mass is 32.2. The van der Waals surface area contributed by atoms with Crippen LogP contribution in [-0.4, -0.2) is 40.8 Å². The number of ether oxygens (including phenoxy) is 2. The molecule has 9 heteroatoms. The smallest absolute Gasteiger partial charge is 0.264 e. The summed E-state index contributed by atoms with van der Waals surface area (Å²) in [6.45, 7) is 7.68. The molecular formula is C28H33N3O5S. The minimum absolute atomic E-state index is 0.00521. The molecule has 0 atom stereocenters. The van der Waals surface area contributed by atoms with E-state index in [9.17, 15) is 13.2 Å². The lowest BCUT2D eigenvalue weighted by Gasteiger charge is -2.25. The highest BCUT2D eigenvalue weighted by molar-refractivity contribution is 7.92. The minimum Gasteiger partial charge on any atom is -0.497 e. The average Bonchev–Trinajstić information content (AvgIpc) is 2.89. The van der Waals surface area contributed by atoms with E-state index in [0.29, 0.717) is 17.2 Å². The summed E-state index contributed by atoms with van der Waals surface area (Å²) in [5, 5.41) is 4.20. The predicted molar refractivity (Wildman–Crippen MR) is 146 cm³/mol. The molecule has 0 spiro atoms. The lowest BCUT2D eigenvalue weighted by Crippen LogP contribution is -2.40. The maximum atomic E-state index is 13.6. The molecule has 3 rings (SSSR count). The zero-order valence-corrected chi connectivity index (χ0v) is 22.8. The van der Waals surface area contributed by atoms with Gasteiger partial charge in [-0.05, 0) is 59.9 Å². The van der Waals surface area contributed by atoms with E-state index in [2.05, 4.69) is 31.3 Å². The summed E-state index contributed by atoms with van der Waals surface area (Å²) in [6, 6.07) is 20.5.